The molecule has 0 bridgehead atoms. The minimum Gasteiger partial charge on any atom is -0.323 e. The Morgan fingerprint density at radius 3 is 2.48 bits per heavy atom. The van der Waals surface area contributed by atoms with Gasteiger partial charge in [0.05, 0.1) is 5.69 Å². The van der Waals surface area contributed by atoms with Gasteiger partial charge in [0.15, 0.2) is 0 Å². The largest absolute Gasteiger partial charge is 0.323 e. The van der Waals surface area contributed by atoms with E-state index in [1.54, 1.807) is 12.1 Å². The fourth-order valence-electron chi connectivity index (χ4n) is 2.85. The van der Waals surface area contributed by atoms with Gasteiger partial charge in [0, 0.05) is 33.2 Å². The molecule has 0 saturated carbocycles. The smallest absolute Gasteiger partial charge is 0.321 e. The van der Waals surface area contributed by atoms with Gasteiger partial charge in [-0.2, -0.15) is 17.4 Å². The van der Waals surface area contributed by atoms with Crippen LogP contribution in [0.3, 0.4) is 0 Å². The van der Waals surface area contributed by atoms with Gasteiger partial charge >= 0.3 is 6.03 Å². The highest BCUT2D eigenvalue weighted by atomic mass is 32.2. The molecule has 1 saturated heterocycles. The minimum absolute atomic E-state index is 0.0268. The molecule has 2 unspecified atom stereocenters. The van der Waals surface area contributed by atoms with E-state index in [9.17, 15) is 17.6 Å². The number of para-hydroxylation sites is 1. The first kappa shape index (κ1) is 19.6. The SMILES string of the molecule is CC(C)C1CN(C(=O)Nc2ccccc2F)CC1NS(=O)(=O)N(C)C. The molecule has 1 aromatic carbocycles. The van der Waals surface area contributed by atoms with Crippen molar-refractivity contribution in [2.24, 2.45) is 11.8 Å². The highest BCUT2D eigenvalue weighted by molar-refractivity contribution is 7.87. The molecule has 0 radical (unpaired) electrons. The lowest BCUT2D eigenvalue weighted by molar-refractivity contribution is 0.219. The molecule has 9 heteroatoms. The topological polar surface area (TPSA) is 81.8 Å². The molecule has 1 fully saturated rings. The first-order valence-corrected chi connectivity index (χ1v) is 9.56. The van der Waals surface area contributed by atoms with E-state index < -0.39 is 28.1 Å². The summed E-state index contributed by atoms with van der Waals surface area (Å²) in [6.07, 6.45) is 0. The molecule has 140 valence electrons. The Hall–Kier alpha value is -1.71. The number of carbonyl (C=O) groups excluding carboxylic acids is 1. The van der Waals surface area contributed by atoms with Crippen molar-refractivity contribution in [2.45, 2.75) is 19.9 Å². The number of benzene rings is 1. The molecule has 7 nitrogen and oxygen atoms in total. The van der Waals surface area contributed by atoms with Crippen molar-refractivity contribution in [3.8, 4) is 0 Å². The van der Waals surface area contributed by atoms with E-state index in [1.807, 2.05) is 13.8 Å². The summed E-state index contributed by atoms with van der Waals surface area (Å²) in [7, 11) is -0.700. The molecular weight excluding hydrogens is 347 g/mol. The highest BCUT2D eigenvalue weighted by Gasteiger charge is 2.39. The number of amides is 2. The summed E-state index contributed by atoms with van der Waals surface area (Å²) >= 11 is 0. The molecule has 0 spiro atoms. The number of nitrogens with one attached hydrogen (secondary N) is 2. The summed E-state index contributed by atoms with van der Waals surface area (Å²) in [5.41, 5.74) is 0.103. The lowest BCUT2D eigenvalue weighted by Crippen LogP contribution is -2.47. The van der Waals surface area contributed by atoms with Crippen LogP contribution in [-0.2, 0) is 10.2 Å². The molecule has 2 N–H and O–H groups in total. The van der Waals surface area contributed by atoms with E-state index in [1.165, 1.54) is 31.1 Å². The molecule has 25 heavy (non-hydrogen) atoms. The van der Waals surface area contributed by atoms with Crippen molar-refractivity contribution in [1.29, 1.82) is 0 Å². The van der Waals surface area contributed by atoms with Crippen molar-refractivity contribution >= 4 is 21.9 Å². The molecule has 0 aliphatic carbocycles. The van der Waals surface area contributed by atoms with Crippen LogP contribution >= 0.6 is 0 Å². The first-order chi connectivity index (χ1) is 11.6. The van der Waals surface area contributed by atoms with Crippen LogP contribution in [0, 0.1) is 17.7 Å². The Morgan fingerprint density at radius 2 is 1.92 bits per heavy atom. The number of likely N-dealkylation sites (tertiary alicyclic amines) is 1. The number of anilines is 1. The predicted octanol–water partition coefficient (Wildman–Crippen LogP) is 1.71. The van der Waals surface area contributed by atoms with Crippen LogP contribution in [-0.4, -0.2) is 56.9 Å². The van der Waals surface area contributed by atoms with Crippen molar-refractivity contribution in [2.75, 3.05) is 32.5 Å². The second kappa shape index (κ2) is 7.67. The van der Waals surface area contributed by atoms with E-state index in [0.717, 1.165) is 4.31 Å². The van der Waals surface area contributed by atoms with Gasteiger partial charge in [0.2, 0.25) is 0 Å². The molecule has 2 rings (SSSR count). The maximum atomic E-state index is 13.7. The summed E-state index contributed by atoms with van der Waals surface area (Å²) in [4.78, 5) is 14.0. The maximum Gasteiger partial charge on any atom is 0.321 e. The summed E-state index contributed by atoms with van der Waals surface area (Å²) < 4.78 is 41.7. The molecule has 1 aliphatic heterocycles. The zero-order valence-corrected chi connectivity index (χ0v) is 15.7. The fourth-order valence-corrected chi connectivity index (χ4v) is 3.69. The highest BCUT2D eigenvalue weighted by Crippen LogP contribution is 2.26. The Kier molecular flexibility index (Phi) is 6.02. The number of urea groups is 1. The second-order valence-corrected chi connectivity index (χ2v) is 8.65. The third-order valence-electron chi connectivity index (χ3n) is 4.41. The van der Waals surface area contributed by atoms with Gasteiger partial charge in [-0.05, 0) is 24.0 Å². The number of hydrogen-bond acceptors (Lipinski definition) is 3. The Balaban J connectivity index is 2.11. The summed E-state index contributed by atoms with van der Waals surface area (Å²) in [5.74, 6) is -0.359. The van der Waals surface area contributed by atoms with Crippen molar-refractivity contribution in [3.63, 3.8) is 0 Å². The van der Waals surface area contributed by atoms with Crippen LogP contribution in [0.5, 0.6) is 0 Å². The van der Waals surface area contributed by atoms with Crippen LogP contribution in [0.25, 0.3) is 0 Å². The number of rotatable bonds is 5. The molecular formula is C16H25FN4O3S. The Morgan fingerprint density at radius 1 is 1.28 bits per heavy atom. The van der Waals surface area contributed by atoms with Gasteiger partial charge in [0.1, 0.15) is 5.82 Å². The van der Waals surface area contributed by atoms with Gasteiger partial charge in [-0.3, -0.25) is 0 Å². The standard InChI is InChI=1S/C16H25FN4O3S/c1-11(2)12-9-21(10-15(12)19-25(23,24)20(3)4)16(22)18-14-8-6-5-7-13(14)17/h5-8,11-12,15,19H,9-10H2,1-4H3,(H,18,22). The second-order valence-electron chi connectivity index (χ2n) is 6.73. The lowest BCUT2D eigenvalue weighted by Gasteiger charge is -2.24. The molecule has 0 aromatic heterocycles. The summed E-state index contributed by atoms with van der Waals surface area (Å²) in [5, 5.41) is 2.54. The third kappa shape index (κ3) is 4.68. The zero-order valence-electron chi connectivity index (χ0n) is 14.9. The first-order valence-electron chi connectivity index (χ1n) is 8.12. The predicted molar refractivity (Wildman–Crippen MR) is 94.9 cm³/mol. The number of halogens is 1. The van der Waals surface area contributed by atoms with E-state index in [2.05, 4.69) is 10.0 Å². The molecule has 1 aromatic rings. The van der Waals surface area contributed by atoms with Crippen LogP contribution in [0.1, 0.15) is 13.8 Å². The average molecular weight is 372 g/mol. The van der Waals surface area contributed by atoms with Crippen molar-refractivity contribution in [3.05, 3.63) is 30.1 Å². The molecule has 2 atom stereocenters. The summed E-state index contributed by atoms with van der Waals surface area (Å²) in [6, 6.07) is 5.09. The van der Waals surface area contributed by atoms with Gasteiger partial charge in [-0.1, -0.05) is 26.0 Å². The molecule has 1 aliphatic rings. The Bertz CT molecular complexity index is 724. The third-order valence-corrected chi connectivity index (χ3v) is 5.97. The van der Waals surface area contributed by atoms with Crippen LogP contribution in [0.4, 0.5) is 14.9 Å². The van der Waals surface area contributed by atoms with Gasteiger partial charge in [0.25, 0.3) is 10.2 Å². The lowest BCUT2D eigenvalue weighted by atomic mass is 9.92. The van der Waals surface area contributed by atoms with Gasteiger partial charge in [-0.15, -0.1) is 0 Å². The number of hydrogen-bond donors (Lipinski definition) is 2. The van der Waals surface area contributed by atoms with Crippen molar-refractivity contribution in [1.82, 2.24) is 13.9 Å². The van der Waals surface area contributed by atoms with E-state index in [-0.39, 0.29) is 24.1 Å². The van der Waals surface area contributed by atoms with E-state index in [0.29, 0.717) is 6.54 Å². The van der Waals surface area contributed by atoms with Crippen LogP contribution < -0.4 is 10.0 Å². The van der Waals surface area contributed by atoms with Gasteiger partial charge < -0.3 is 10.2 Å². The minimum atomic E-state index is -3.60. The van der Waals surface area contributed by atoms with Crippen LogP contribution in [0.15, 0.2) is 24.3 Å². The van der Waals surface area contributed by atoms with Gasteiger partial charge in [-0.25, -0.2) is 9.18 Å². The maximum absolute atomic E-state index is 13.7. The fraction of sp³-hybridized carbons (Fsp3) is 0.562. The Labute approximate surface area is 148 Å². The number of nitrogens with zero attached hydrogens (tertiary/aromatic N) is 2. The zero-order chi connectivity index (χ0) is 18.8. The molecule has 2 amide bonds. The number of carbonyl (C=O) groups is 1. The van der Waals surface area contributed by atoms with Crippen LogP contribution in [0.2, 0.25) is 0 Å². The molecule has 1 heterocycles. The average Bonchev–Trinajstić information content (AvgIpc) is 2.93. The normalized spacial score (nSPS) is 21.2. The van der Waals surface area contributed by atoms with Crippen molar-refractivity contribution < 1.29 is 17.6 Å². The monoisotopic (exact) mass is 372 g/mol. The quantitative estimate of drug-likeness (QED) is 0.826. The van der Waals surface area contributed by atoms with E-state index >= 15 is 0 Å². The summed E-state index contributed by atoms with van der Waals surface area (Å²) in [6.45, 7) is 4.61. The van der Waals surface area contributed by atoms with E-state index in [4.69, 9.17) is 0 Å².